The molecule has 1 aromatic rings. The van der Waals surface area contributed by atoms with Crippen molar-refractivity contribution in [3.63, 3.8) is 0 Å². The molecule has 0 spiro atoms. The van der Waals surface area contributed by atoms with Gasteiger partial charge in [-0.2, -0.15) is 0 Å². The molecule has 0 aromatic carbocycles. The van der Waals surface area contributed by atoms with E-state index in [9.17, 15) is 4.79 Å². The van der Waals surface area contributed by atoms with Crippen LogP contribution in [0, 0.1) is 6.92 Å². The number of aromatic nitrogens is 3. The fourth-order valence-electron chi connectivity index (χ4n) is 1.57. The Morgan fingerprint density at radius 1 is 1.40 bits per heavy atom. The summed E-state index contributed by atoms with van der Waals surface area (Å²) in [6.45, 7) is 1.94. The van der Waals surface area contributed by atoms with Gasteiger partial charge >= 0.3 is 5.97 Å². The summed E-state index contributed by atoms with van der Waals surface area (Å²) in [6.07, 6.45) is 3.88. The Balaban J connectivity index is 2.23. The van der Waals surface area contributed by atoms with Crippen LogP contribution in [0.25, 0.3) is 0 Å². The van der Waals surface area contributed by atoms with Gasteiger partial charge in [0.1, 0.15) is 0 Å². The number of aryl methyl sites for hydroxylation is 2. The van der Waals surface area contributed by atoms with Gasteiger partial charge in [0.25, 0.3) is 0 Å². The van der Waals surface area contributed by atoms with E-state index in [1.807, 2.05) is 14.0 Å². The minimum Gasteiger partial charge on any atom is -0.481 e. The average molecular weight is 211 g/mol. The Hall–Kier alpha value is -1.39. The fourth-order valence-corrected chi connectivity index (χ4v) is 1.57. The second-order valence-corrected chi connectivity index (χ2v) is 3.70. The number of carboxylic acids is 1. The predicted octanol–water partition coefficient (Wildman–Crippen LogP) is 1.31. The van der Waals surface area contributed by atoms with Crippen molar-refractivity contribution in [2.45, 2.75) is 39.0 Å². The van der Waals surface area contributed by atoms with E-state index in [4.69, 9.17) is 5.11 Å². The van der Waals surface area contributed by atoms with Crippen LogP contribution in [-0.2, 0) is 18.3 Å². The topological polar surface area (TPSA) is 68.0 Å². The quantitative estimate of drug-likeness (QED) is 0.720. The molecule has 84 valence electrons. The average Bonchev–Trinajstić information content (AvgIpc) is 2.47. The van der Waals surface area contributed by atoms with Gasteiger partial charge in [-0.3, -0.25) is 9.48 Å². The maximum atomic E-state index is 10.3. The normalized spacial score (nSPS) is 10.5. The van der Waals surface area contributed by atoms with Gasteiger partial charge in [0.05, 0.1) is 11.4 Å². The van der Waals surface area contributed by atoms with Gasteiger partial charge in [-0.15, -0.1) is 5.10 Å². The second-order valence-electron chi connectivity index (χ2n) is 3.70. The molecular weight excluding hydrogens is 194 g/mol. The van der Waals surface area contributed by atoms with Crippen LogP contribution >= 0.6 is 0 Å². The molecule has 0 aliphatic heterocycles. The third kappa shape index (κ3) is 3.69. The monoisotopic (exact) mass is 211 g/mol. The molecule has 0 bridgehead atoms. The van der Waals surface area contributed by atoms with E-state index in [-0.39, 0.29) is 6.42 Å². The third-order valence-electron chi connectivity index (χ3n) is 2.44. The number of nitrogens with zero attached hydrogens (tertiary/aromatic N) is 3. The lowest BCUT2D eigenvalue weighted by molar-refractivity contribution is -0.137. The summed E-state index contributed by atoms with van der Waals surface area (Å²) in [5.74, 6) is -0.714. The van der Waals surface area contributed by atoms with E-state index in [1.165, 1.54) is 0 Å². The number of aliphatic carboxylic acids is 1. The zero-order valence-electron chi connectivity index (χ0n) is 9.23. The van der Waals surface area contributed by atoms with Crippen LogP contribution in [0.4, 0.5) is 0 Å². The standard InChI is InChI=1S/C10H17N3O2/c1-8-9(13(2)12-11-8)6-4-3-5-7-10(14)15/h3-7H2,1-2H3,(H,14,15). The predicted molar refractivity (Wildman–Crippen MR) is 55.5 cm³/mol. The summed E-state index contributed by atoms with van der Waals surface area (Å²) in [7, 11) is 1.88. The molecule has 5 heteroatoms. The van der Waals surface area contributed by atoms with E-state index in [1.54, 1.807) is 4.68 Å². The summed E-state index contributed by atoms with van der Waals surface area (Å²) in [5, 5.41) is 16.3. The molecule has 15 heavy (non-hydrogen) atoms. The zero-order valence-corrected chi connectivity index (χ0v) is 9.23. The molecule has 0 radical (unpaired) electrons. The smallest absolute Gasteiger partial charge is 0.303 e. The first-order chi connectivity index (χ1) is 7.11. The molecule has 0 saturated carbocycles. The van der Waals surface area contributed by atoms with Gasteiger partial charge in [-0.1, -0.05) is 11.6 Å². The number of hydrogen-bond acceptors (Lipinski definition) is 3. The van der Waals surface area contributed by atoms with Gasteiger partial charge < -0.3 is 5.11 Å². The van der Waals surface area contributed by atoms with Gasteiger partial charge in [-0.25, -0.2) is 0 Å². The maximum Gasteiger partial charge on any atom is 0.303 e. The third-order valence-corrected chi connectivity index (χ3v) is 2.44. The van der Waals surface area contributed by atoms with Crippen molar-refractivity contribution in [3.05, 3.63) is 11.4 Å². The van der Waals surface area contributed by atoms with Gasteiger partial charge in [0.15, 0.2) is 0 Å². The Labute approximate surface area is 89.1 Å². The fraction of sp³-hybridized carbons (Fsp3) is 0.700. The van der Waals surface area contributed by atoms with Crippen LogP contribution in [-0.4, -0.2) is 26.1 Å². The summed E-state index contributed by atoms with van der Waals surface area (Å²) < 4.78 is 1.78. The van der Waals surface area contributed by atoms with Crippen LogP contribution in [0.2, 0.25) is 0 Å². The minimum atomic E-state index is -0.714. The first-order valence-electron chi connectivity index (χ1n) is 5.18. The van der Waals surface area contributed by atoms with Crippen LogP contribution in [0.15, 0.2) is 0 Å². The number of carbonyl (C=O) groups is 1. The van der Waals surface area contributed by atoms with Crippen molar-refractivity contribution in [2.75, 3.05) is 0 Å². The number of unbranched alkanes of at least 4 members (excludes halogenated alkanes) is 2. The molecule has 0 unspecified atom stereocenters. The van der Waals surface area contributed by atoms with Crippen molar-refractivity contribution in [3.8, 4) is 0 Å². The van der Waals surface area contributed by atoms with Crippen molar-refractivity contribution in [1.29, 1.82) is 0 Å². The second kappa shape index (κ2) is 5.48. The summed E-state index contributed by atoms with van der Waals surface area (Å²) in [5.41, 5.74) is 2.11. The first kappa shape index (κ1) is 11.7. The lowest BCUT2D eigenvalue weighted by Gasteiger charge is -2.01. The number of hydrogen-bond donors (Lipinski definition) is 1. The molecular formula is C10H17N3O2. The summed E-state index contributed by atoms with van der Waals surface area (Å²) >= 11 is 0. The van der Waals surface area contributed by atoms with E-state index in [0.717, 1.165) is 37.1 Å². The van der Waals surface area contributed by atoms with Crippen molar-refractivity contribution >= 4 is 5.97 Å². The van der Waals surface area contributed by atoms with Crippen molar-refractivity contribution in [2.24, 2.45) is 7.05 Å². The Morgan fingerprint density at radius 2 is 2.13 bits per heavy atom. The van der Waals surface area contributed by atoms with Crippen molar-refractivity contribution < 1.29 is 9.90 Å². The number of carboxylic acid groups (broad SMARTS) is 1. The van der Waals surface area contributed by atoms with Gasteiger partial charge in [0, 0.05) is 13.5 Å². The van der Waals surface area contributed by atoms with Crippen LogP contribution in [0.5, 0.6) is 0 Å². The largest absolute Gasteiger partial charge is 0.481 e. The van der Waals surface area contributed by atoms with Crippen LogP contribution in [0.1, 0.15) is 37.1 Å². The SMILES string of the molecule is Cc1nnn(C)c1CCCCCC(=O)O. The summed E-state index contributed by atoms with van der Waals surface area (Å²) in [6, 6.07) is 0. The summed E-state index contributed by atoms with van der Waals surface area (Å²) in [4.78, 5) is 10.3. The molecule has 0 aliphatic carbocycles. The maximum absolute atomic E-state index is 10.3. The molecule has 1 N–H and O–H groups in total. The molecule has 0 atom stereocenters. The van der Waals surface area contributed by atoms with E-state index < -0.39 is 5.97 Å². The lowest BCUT2D eigenvalue weighted by atomic mass is 10.1. The zero-order chi connectivity index (χ0) is 11.3. The van der Waals surface area contributed by atoms with Gasteiger partial charge in [0.2, 0.25) is 0 Å². The molecule has 5 nitrogen and oxygen atoms in total. The van der Waals surface area contributed by atoms with Gasteiger partial charge in [-0.05, 0) is 26.2 Å². The molecule has 1 rings (SSSR count). The van der Waals surface area contributed by atoms with Crippen LogP contribution < -0.4 is 0 Å². The molecule has 1 heterocycles. The highest BCUT2D eigenvalue weighted by molar-refractivity contribution is 5.66. The molecule has 1 aromatic heterocycles. The van der Waals surface area contributed by atoms with E-state index in [2.05, 4.69) is 10.3 Å². The van der Waals surface area contributed by atoms with Crippen molar-refractivity contribution in [1.82, 2.24) is 15.0 Å². The molecule has 0 saturated heterocycles. The Morgan fingerprint density at radius 3 is 2.67 bits per heavy atom. The molecule has 0 fully saturated rings. The Kier molecular flexibility index (Phi) is 4.27. The van der Waals surface area contributed by atoms with E-state index in [0.29, 0.717) is 0 Å². The lowest BCUT2D eigenvalue weighted by Crippen LogP contribution is -2.00. The molecule has 0 aliphatic rings. The highest BCUT2D eigenvalue weighted by Crippen LogP contribution is 2.09. The highest BCUT2D eigenvalue weighted by Gasteiger charge is 2.05. The van der Waals surface area contributed by atoms with Crippen LogP contribution in [0.3, 0.4) is 0 Å². The Bertz CT molecular complexity index is 314. The first-order valence-corrected chi connectivity index (χ1v) is 5.18. The molecule has 0 amide bonds. The van der Waals surface area contributed by atoms with E-state index >= 15 is 0 Å². The highest BCUT2D eigenvalue weighted by atomic mass is 16.4. The number of rotatable bonds is 6. The minimum absolute atomic E-state index is 0.266.